The van der Waals surface area contributed by atoms with E-state index < -0.39 is 0 Å². The van der Waals surface area contributed by atoms with Crippen molar-refractivity contribution in [2.45, 2.75) is 25.8 Å². The molecule has 3 heteroatoms. The van der Waals surface area contributed by atoms with Crippen LogP contribution in [0.2, 0.25) is 0 Å². The van der Waals surface area contributed by atoms with Gasteiger partial charge in [-0.25, -0.2) is 4.98 Å². The minimum Gasteiger partial charge on any atom is -0.367 e. The minimum atomic E-state index is 0.516. The van der Waals surface area contributed by atoms with Crippen LogP contribution in [-0.2, 0) is 0 Å². The van der Waals surface area contributed by atoms with Gasteiger partial charge in [0.05, 0.1) is 0 Å². The first kappa shape index (κ1) is 10.4. The molecular formula is C12H19N3. The molecule has 1 aromatic heterocycles. The van der Waals surface area contributed by atoms with Crippen molar-refractivity contribution in [2.75, 3.05) is 18.4 Å². The van der Waals surface area contributed by atoms with E-state index in [1.165, 1.54) is 12.8 Å². The Morgan fingerprint density at radius 2 is 2.20 bits per heavy atom. The summed E-state index contributed by atoms with van der Waals surface area (Å²) in [6, 6.07) is 6.50. The monoisotopic (exact) mass is 205 g/mol. The molecule has 1 aliphatic heterocycles. The maximum atomic E-state index is 4.29. The normalized spacial score (nSPS) is 19.8. The number of anilines is 1. The molecule has 3 nitrogen and oxygen atoms in total. The Morgan fingerprint density at radius 3 is 2.87 bits per heavy atom. The highest BCUT2D eigenvalue weighted by atomic mass is 15.0. The number of hydrogen-bond acceptors (Lipinski definition) is 3. The minimum absolute atomic E-state index is 0.516. The van der Waals surface area contributed by atoms with Gasteiger partial charge in [-0.1, -0.05) is 6.07 Å². The summed E-state index contributed by atoms with van der Waals surface area (Å²) in [5.74, 6) is 1.76. The van der Waals surface area contributed by atoms with Gasteiger partial charge in [-0.15, -0.1) is 0 Å². The van der Waals surface area contributed by atoms with Gasteiger partial charge in [0.15, 0.2) is 0 Å². The van der Waals surface area contributed by atoms with Crippen LogP contribution in [0.25, 0.3) is 0 Å². The summed E-state index contributed by atoms with van der Waals surface area (Å²) in [6.07, 6.45) is 4.36. The van der Waals surface area contributed by atoms with E-state index in [9.17, 15) is 0 Å². The predicted molar refractivity (Wildman–Crippen MR) is 62.9 cm³/mol. The van der Waals surface area contributed by atoms with Crippen molar-refractivity contribution in [1.29, 1.82) is 0 Å². The molecule has 1 fully saturated rings. The first-order valence-corrected chi connectivity index (χ1v) is 5.74. The Kier molecular flexibility index (Phi) is 3.56. The molecule has 0 bridgehead atoms. The van der Waals surface area contributed by atoms with Gasteiger partial charge in [0, 0.05) is 12.2 Å². The summed E-state index contributed by atoms with van der Waals surface area (Å²) in [5, 5.41) is 6.86. The summed E-state index contributed by atoms with van der Waals surface area (Å²) >= 11 is 0. The molecule has 1 atom stereocenters. The highest BCUT2D eigenvalue weighted by molar-refractivity contribution is 5.34. The fourth-order valence-corrected chi connectivity index (χ4v) is 2.14. The van der Waals surface area contributed by atoms with Crippen molar-refractivity contribution in [1.82, 2.24) is 10.3 Å². The standard InChI is InChI=1S/C12H19N3/c1-10(11-5-8-13-9-6-11)15-12-4-2-3-7-14-12/h2-4,7,10-11,13H,5-6,8-9H2,1H3,(H,14,15). The van der Waals surface area contributed by atoms with E-state index in [0.717, 1.165) is 24.8 Å². The second-order valence-corrected chi connectivity index (χ2v) is 4.24. The molecule has 0 saturated carbocycles. The largest absolute Gasteiger partial charge is 0.367 e. The van der Waals surface area contributed by atoms with E-state index in [-0.39, 0.29) is 0 Å². The van der Waals surface area contributed by atoms with Crippen molar-refractivity contribution < 1.29 is 0 Å². The van der Waals surface area contributed by atoms with Crippen LogP contribution in [0.15, 0.2) is 24.4 Å². The second kappa shape index (κ2) is 5.12. The summed E-state index contributed by atoms with van der Waals surface area (Å²) in [6.45, 7) is 4.56. The Labute approximate surface area is 91.3 Å². The maximum absolute atomic E-state index is 4.29. The summed E-state index contributed by atoms with van der Waals surface area (Å²) in [5.41, 5.74) is 0. The molecule has 1 aliphatic rings. The van der Waals surface area contributed by atoms with Gasteiger partial charge in [0.2, 0.25) is 0 Å². The van der Waals surface area contributed by atoms with E-state index in [1.54, 1.807) is 0 Å². The van der Waals surface area contributed by atoms with E-state index >= 15 is 0 Å². The Bertz CT molecular complexity index is 280. The highest BCUT2D eigenvalue weighted by Crippen LogP contribution is 2.18. The number of nitrogens with zero attached hydrogens (tertiary/aromatic N) is 1. The van der Waals surface area contributed by atoms with Gasteiger partial charge in [-0.3, -0.25) is 0 Å². The van der Waals surface area contributed by atoms with Crippen LogP contribution in [-0.4, -0.2) is 24.1 Å². The molecule has 2 heterocycles. The molecule has 2 N–H and O–H groups in total. The number of pyridine rings is 1. The number of aromatic nitrogens is 1. The number of rotatable bonds is 3. The van der Waals surface area contributed by atoms with Gasteiger partial charge >= 0.3 is 0 Å². The van der Waals surface area contributed by atoms with Crippen LogP contribution in [0.5, 0.6) is 0 Å². The number of nitrogens with one attached hydrogen (secondary N) is 2. The SMILES string of the molecule is CC(Nc1ccccn1)C1CCNCC1. The molecule has 0 spiro atoms. The van der Waals surface area contributed by atoms with Gasteiger partial charge < -0.3 is 10.6 Å². The molecule has 1 unspecified atom stereocenters. The Hall–Kier alpha value is -1.09. The molecule has 1 saturated heterocycles. The van der Waals surface area contributed by atoms with Crippen LogP contribution in [0, 0.1) is 5.92 Å². The van der Waals surface area contributed by atoms with Crippen molar-refractivity contribution in [3.63, 3.8) is 0 Å². The zero-order valence-electron chi connectivity index (χ0n) is 9.24. The lowest BCUT2D eigenvalue weighted by Gasteiger charge is -2.29. The quantitative estimate of drug-likeness (QED) is 0.791. The van der Waals surface area contributed by atoms with Crippen LogP contribution >= 0.6 is 0 Å². The van der Waals surface area contributed by atoms with E-state index in [1.807, 2.05) is 24.4 Å². The van der Waals surface area contributed by atoms with E-state index in [2.05, 4.69) is 22.5 Å². The van der Waals surface area contributed by atoms with Crippen molar-refractivity contribution in [2.24, 2.45) is 5.92 Å². The average molecular weight is 205 g/mol. The molecule has 82 valence electrons. The average Bonchev–Trinajstić information content (AvgIpc) is 2.31. The van der Waals surface area contributed by atoms with Crippen LogP contribution in [0.4, 0.5) is 5.82 Å². The first-order valence-electron chi connectivity index (χ1n) is 5.74. The molecular weight excluding hydrogens is 186 g/mol. The first-order chi connectivity index (χ1) is 7.36. The van der Waals surface area contributed by atoms with Gasteiger partial charge in [0.1, 0.15) is 5.82 Å². The topological polar surface area (TPSA) is 37.0 Å². The lowest BCUT2D eigenvalue weighted by atomic mass is 9.91. The zero-order valence-corrected chi connectivity index (χ0v) is 9.24. The zero-order chi connectivity index (χ0) is 10.5. The predicted octanol–water partition coefficient (Wildman–Crippen LogP) is 1.88. The fourth-order valence-electron chi connectivity index (χ4n) is 2.14. The maximum Gasteiger partial charge on any atom is 0.126 e. The van der Waals surface area contributed by atoms with Crippen LogP contribution in [0.1, 0.15) is 19.8 Å². The fraction of sp³-hybridized carbons (Fsp3) is 0.583. The molecule has 0 aliphatic carbocycles. The Balaban J connectivity index is 1.88. The van der Waals surface area contributed by atoms with Crippen LogP contribution < -0.4 is 10.6 Å². The molecule has 0 aromatic carbocycles. The third kappa shape index (κ3) is 2.93. The summed E-state index contributed by atoms with van der Waals surface area (Å²) < 4.78 is 0. The molecule has 0 radical (unpaired) electrons. The van der Waals surface area contributed by atoms with Crippen molar-refractivity contribution in [3.05, 3.63) is 24.4 Å². The lowest BCUT2D eigenvalue weighted by Crippen LogP contribution is -2.36. The molecule has 0 amide bonds. The Morgan fingerprint density at radius 1 is 1.40 bits per heavy atom. The summed E-state index contributed by atoms with van der Waals surface area (Å²) in [7, 11) is 0. The number of hydrogen-bond donors (Lipinski definition) is 2. The van der Waals surface area contributed by atoms with Gasteiger partial charge in [-0.2, -0.15) is 0 Å². The molecule has 15 heavy (non-hydrogen) atoms. The molecule has 1 aromatic rings. The third-order valence-corrected chi connectivity index (χ3v) is 3.13. The molecule has 2 rings (SSSR count). The third-order valence-electron chi connectivity index (χ3n) is 3.13. The van der Waals surface area contributed by atoms with Crippen molar-refractivity contribution >= 4 is 5.82 Å². The van der Waals surface area contributed by atoms with E-state index in [0.29, 0.717) is 6.04 Å². The second-order valence-electron chi connectivity index (χ2n) is 4.24. The van der Waals surface area contributed by atoms with Gasteiger partial charge in [0.25, 0.3) is 0 Å². The van der Waals surface area contributed by atoms with Crippen LogP contribution in [0.3, 0.4) is 0 Å². The van der Waals surface area contributed by atoms with E-state index in [4.69, 9.17) is 0 Å². The highest BCUT2D eigenvalue weighted by Gasteiger charge is 2.19. The lowest BCUT2D eigenvalue weighted by molar-refractivity contribution is 0.342. The number of piperidine rings is 1. The van der Waals surface area contributed by atoms with Crippen molar-refractivity contribution in [3.8, 4) is 0 Å². The van der Waals surface area contributed by atoms with Gasteiger partial charge in [-0.05, 0) is 50.9 Å². The summed E-state index contributed by atoms with van der Waals surface area (Å²) in [4.78, 5) is 4.29. The smallest absolute Gasteiger partial charge is 0.126 e.